The van der Waals surface area contributed by atoms with Gasteiger partial charge in [0.1, 0.15) is 5.52 Å². The molecule has 0 spiro atoms. The Kier molecular flexibility index (Phi) is 4.55. The van der Waals surface area contributed by atoms with Crippen LogP contribution < -0.4 is 5.32 Å². The maximum Gasteiger partial charge on any atom is 0.307 e. The van der Waals surface area contributed by atoms with E-state index in [-0.39, 0.29) is 5.97 Å². The number of hydrogen-bond acceptors (Lipinski definition) is 5. The Hall–Kier alpha value is -2.11. The minimum Gasteiger partial charge on any atom is -0.466 e. The van der Waals surface area contributed by atoms with Gasteiger partial charge in [-0.25, -0.2) is 9.50 Å². The summed E-state index contributed by atoms with van der Waals surface area (Å²) in [5, 5.41) is 7.65. The molecule has 0 amide bonds. The van der Waals surface area contributed by atoms with Crippen molar-refractivity contribution in [3.8, 4) is 0 Å². The monoisotopic (exact) mass is 276 g/mol. The molecule has 1 N–H and O–H groups in total. The molecule has 2 aromatic rings. The molecular weight excluding hydrogens is 256 g/mol. The molecule has 0 aliphatic heterocycles. The first kappa shape index (κ1) is 14.3. The van der Waals surface area contributed by atoms with E-state index >= 15 is 0 Å². The number of esters is 1. The molecule has 0 unspecified atom stereocenters. The van der Waals surface area contributed by atoms with Gasteiger partial charge >= 0.3 is 5.97 Å². The number of carbonyl (C=O) groups is 1. The van der Waals surface area contributed by atoms with E-state index in [2.05, 4.69) is 29.2 Å². The standard InChI is InChI=1S/C14H20N4O2/c1-4-20-13(19)5-6-15-14-12-9-11(10(2)3)17-18(12)8-7-16-14/h7-10H,4-6H2,1-3H3,(H,15,16). The number of rotatable bonds is 6. The largest absolute Gasteiger partial charge is 0.466 e. The lowest BCUT2D eigenvalue weighted by Gasteiger charge is -2.06. The molecule has 2 aromatic heterocycles. The second-order valence-electron chi connectivity index (χ2n) is 4.81. The van der Waals surface area contributed by atoms with Gasteiger partial charge in [-0.15, -0.1) is 0 Å². The fourth-order valence-corrected chi connectivity index (χ4v) is 1.88. The van der Waals surface area contributed by atoms with Crippen LogP contribution in [-0.4, -0.2) is 33.7 Å². The first-order chi connectivity index (χ1) is 9.61. The van der Waals surface area contributed by atoms with Crippen LogP contribution in [0.4, 0.5) is 5.82 Å². The molecule has 2 heterocycles. The van der Waals surface area contributed by atoms with Gasteiger partial charge in [-0.3, -0.25) is 4.79 Å². The van der Waals surface area contributed by atoms with Gasteiger partial charge in [0, 0.05) is 18.9 Å². The van der Waals surface area contributed by atoms with Crippen molar-refractivity contribution in [2.24, 2.45) is 0 Å². The van der Waals surface area contributed by atoms with Crippen LogP contribution in [0.15, 0.2) is 18.5 Å². The van der Waals surface area contributed by atoms with Crippen LogP contribution in [-0.2, 0) is 9.53 Å². The Morgan fingerprint density at radius 1 is 1.50 bits per heavy atom. The molecule has 0 radical (unpaired) electrons. The third-order valence-electron chi connectivity index (χ3n) is 2.93. The number of hydrogen-bond donors (Lipinski definition) is 1. The van der Waals surface area contributed by atoms with Crippen molar-refractivity contribution in [3.05, 3.63) is 24.2 Å². The van der Waals surface area contributed by atoms with E-state index in [1.807, 2.05) is 12.3 Å². The molecule has 0 aromatic carbocycles. The second-order valence-corrected chi connectivity index (χ2v) is 4.81. The topological polar surface area (TPSA) is 68.5 Å². The maximum atomic E-state index is 11.3. The average Bonchev–Trinajstić information content (AvgIpc) is 2.84. The second kappa shape index (κ2) is 6.36. The van der Waals surface area contributed by atoms with Crippen LogP contribution in [0, 0.1) is 0 Å². The van der Waals surface area contributed by atoms with Crippen LogP contribution >= 0.6 is 0 Å². The van der Waals surface area contributed by atoms with Gasteiger partial charge in [0.15, 0.2) is 5.82 Å². The first-order valence-corrected chi connectivity index (χ1v) is 6.85. The third-order valence-corrected chi connectivity index (χ3v) is 2.93. The Morgan fingerprint density at radius 3 is 3.00 bits per heavy atom. The summed E-state index contributed by atoms with van der Waals surface area (Å²) in [4.78, 5) is 15.6. The third kappa shape index (κ3) is 3.26. The van der Waals surface area contributed by atoms with Gasteiger partial charge in [-0.1, -0.05) is 13.8 Å². The molecule has 0 fully saturated rings. The minimum absolute atomic E-state index is 0.205. The van der Waals surface area contributed by atoms with E-state index in [0.717, 1.165) is 17.0 Å². The van der Waals surface area contributed by atoms with Crippen LogP contribution in [0.25, 0.3) is 5.52 Å². The molecular formula is C14H20N4O2. The number of nitrogens with zero attached hydrogens (tertiary/aromatic N) is 3. The number of aromatic nitrogens is 3. The number of ether oxygens (including phenoxy) is 1. The molecule has 2 rings (SSSR count). The molecule has 0 saturated heterocycles. The van der Waals surface area contributed by atoms with Crippen LogP contribution in [0.2, 0.25) is 0 Å². The van der Waals surface area contributed by atoms with E-state index in [0.29, 0.717) is 25.5 Å². The Balaban J connectivity index is 2.08. The predicted octanol–water partition coefficient (Wildman–Crippen LogP) is 2.22. The molecule has 108 valence electrons. The lowest BCUT2D eigenvalue weighted by Crippen LogP contribution is -2.12. The van der Waals surface area contributed by atoms with E-state index in [4.69, 9.17) is 4.74 Å². The minimum atomic E-state index is -0.205. The number of carbonyl (C=O) groups excluding carboxylic acids is 1. The molecule has 20 heavy (non-hydrogen) atoms. The molecule has 0 bridgehead atoms. The zero-order valence-corrected chi connectivity index (χ0v) is 12.1. The Bertz CT molecular complexity index is 592. The fourth-order valence-electron chi connectivity index (χ4n) is 1.88. The Morgan fingerprint density at radius 2 is 2.30 bits per heavy atom. The highest BCUT2D eigenvalue weighted by atomic mass is 16.5. The van der Waals surface area contributed by atoms with Crippen LogP contribution in [0.1, 0.15) is 38.8 Å². The number of fused-ring (bicyclic) bond motifs is 1. The van der Waals surface area contributed by atoms with Crippen molar-refractivity contribution in [3.63, 3.8) is 0 Å². The highest BCUT2D eigenvalue weighted by Gasteiger charge is 2.10. The predicted molar refractivity (Wildman–Crippen MR) is 76.8 cm³/mol. The molecule has 6 nitrogen and oxygen atoms in total. The van der Waals surface area contributed by atoms with E-state index in [1.54, 1.807) is 17.6 Å². The summed E-state index contributed by atoms with van der Waals surface area (Å²) in [6.07, 6.45) is 3.83. The van der Waals surface area contributed by atoms with Crippen molar-refractivity contribution in [1.29, 1.82) is 0 Å². The van der Waals surface area contributed by atoms with Gasteiger partial charge in [-0.05, 0) is 18.9 Å². The summed E-state index contributed by atoms with van der Waals surface area (Å²) >= 11 is 0. The van der Waals surface area contributed by atoms with Crippen molar-refractivity contribution in [2.45, 2.75) is 33.1 Å². The molecule has 6 heteroatoms. The zero-order chi connectivity index (χ0) is 14.5. The fraction of sp³-hybridized carbons (Fsp3) is 0.500. The molecule has 0 aliphatic rings. The highest BCUT2D eigenvalue weighted by Crippen LogP contribution is 2.19. The summed E-state index contributed by atoms with van der Waals surface area (Å²) in [5.74, 6) is 0.891. The quantitative estimate of drug-likeness (QED) is 0.819. The smallest absolute Gasteiger partial charge is 0.307 e. The summed E-state index contributed by atoms with van der Waals surface area (Å²) in [5.41, 5.74) is 1.94. The lowest BCUT2D eigenvalue weighted by molar-refractivity contribution is -0.142. The summed E-state index contributed by atoms with van der Waals surface area (Å²) in [6, 6.07) is 2.02. The van der Waals surface area contributed by atoms with Gasteiger partial charge < -0.3 is 10.1 Å². The van der Waals surface area contributed by atoms with Gasteiger partial charge in [0.05, 0.1) is 18.7 Å². The normalized spacial score (nSPS) is 11.0. The molecule has 0 atom stereocenters. The zero-order valence-electron chi connectivity index (χ0n) is 12.1. The molecule has 0 saturated carbocycles. The summed E-state index contributed by atoms with van der Waals surface area (Å²) in [6.45, 7) is 6.90. The first-order valence-electron chi connectivity index (χ1n) is 6.85. The SMILES string of the molecule is CCOC(=O)CCNc1nccn2nc(C(C)C)cc12. The number of anilines is 1. The van der Waals surface area contributed by atoms with Crippen LogP contribution in [0.3, 0.4) is 0 Å². The Labute approximate surface area is 118 Å². The van der Waals surface area contributed by atoms with Gasteiger partial charge in [0.2, 0.25) is 0 Å². The van der Waals surface area contributed by atoms with Crippen LogP contribution in [0.5, 0.6) is 0 Å². The molecule has 0 aliphatic carbocycles. The van der Waals surface area contributed by atoms with Gasteiger partial charge in [0.25, 0.3) is 0 Å². The summed E-state index contributed by atoms with van der Waals surface area (Å²) in [7, 11) is 0. The van der Waals surface area contributed by atoms with Crippen molar-refractivity contribution < 1.29 is 9.53 Å². The lowest BCUT2D eigenvalue weighted by atomic mass is 10.1. The number of nitrogens with one attached hydrogen (secondary N) is 1. The highest BCUT2D eigenvalue weighted by molar-refractivity contribution is 5.71. The van der Waals surface area contributed by atoms with Crippen molar-refractivity contribution >= 4 is 17.3 Å². The average molecular weight is 276 g/mol. The maximum absolute atomic E-state index is 11.3. The van der Waals surface area contributed by atoms with E-state index in [9.17, 15) is 4.79 Å². The van der Waals surface area contributed by atoms with Crippen molar-refractivity contribution in [1.82, 2.24) is 14.6 Å². The summed E-state index contributed by atoms with van der Waals surface area (Å²) < 4.78 is 6.69. The van der Waals surface area contributed by atoms with E-state index in [1.165, 1.54) is 0 Å². The van der Waals surface area contributed by atoms with E-state index < -0.39 is 0 Å². The van der Waals surface area contributed by atoms with Gasteiger partial charge in [-0.2, -0.15) is 5.10 Å². The van der Waals surface area contributed by atoms with Crippen molar-refractivity contribution in [2.75, 3.05) is 18.5 Å².